The average Bonchev–Trinajstić information content (AvgIpc) is 3.14. The average molecular weight is 342 g/mol. The zero-order valence-electron chi connectivity index (χ0n) is 13.6. The Labute approximate surface area is 144 Å². The highest BCUT2D eigenvalue weighted by Gasteiger charge is 2.22. The Morgan fingerprint density at radius 1 is 1.42 bits per heavy atom. The summed E-state index contributed by atoms with van der Waals surface area (Å²) in [5.74, 6) is 3.21. The molecule has 124 valence electrons. The van der Waals surface area contributed by atoms with Crippen molar-refractivity contribution in [2.24, 2.45) is 0 Å². The Balaban J connectivity index is 1.58. The van der Waals surface area contributed by atoms with Gasteiger partial charge in [-0.2, -0.15) is 4.98 Å². The first kappa shape index (κ1) is 15.3. The van der Waals surface area contributed by atoms with E-state index in [1.165, 1.54) is 5.56 Å². The minimum absolute atomic E-state index is 0.226. The van der Waals surface area contributed by atoms with E-state index in [2.05, 4.69) is 34.1 Å². The molecule has 4 rings (SSSR count). The maximum Gasteiger partial charge on any atom is 0.253 e. The number of rotatable bonds is 5. The van der Waals surface area contributed by atoms with Crippen LogP contribution in [0.15, 0.2) is 35.7 Å². The van der Waals surface area contributed by atoms with Gasteiger partial charge >= 0.3 is 0 Å². The van der Waals surface area contributed by atoms with Crippen molar-refractivity contribution in [1.82, 2.24) is 19.6 Å². The van der Waals surface area contributed by atoms with Gasteiger partial charge in [-0.3, -0.25) is 0 Å². The van der Waals surface area contributed by atoms with Crippen molar-refractivity contribution >= 4 is 17.5 Å². The molecule has 3 heterocycles. The number of aromatic nitrogens is 4. The number of hydrogen-bond acceptors (Lipinski definition) is 6. The van der Waals surface area contributed by atoms with Gasteiger partial charge in [0, 0.05) is 35.7 Å². The van der Waals surface area contributed by atoms with Crippen molar-refractivity contribution in [3.63, 3.8) is 0 Å². The third-order valence-corrected chi connectivity index (χ3v) is 4.72. The fraction of sp³-hybridized carbons (Fsp3) is 0.353. The highest BCUT2D eigenvalue weighted by molar-refractivity contribution is 7.98. The highest BCUT2D eigenvalue weighted by Crippen LogP contribution is 2.37. The third kappa shape index (κ3) is 2.91. The molecule has 1 aliphatic rings. The Bertz CT molecular complexity index is 847. The first-order chi connectivity index (χ1) is 11.7. The Morgan fingerprint density at radius 2 is 2.33 bits per heavy atom. The largest absolute Gasteiger partial charge is 0.494 e. The minimum Gasteiger partial charge on any atom is -0.494 e. The molecule has 2 aromatic heterocycles. The standard InChI is InChI=1S/C17H18N4O2S/c1-3-22-14-8-12-7-11(2)23-15(12)9-13(14)10-24-17-19-16-18-5-4-6-21(16)20-17/h4-6,8-9,11H,3,7,10H2,1-2H3. The maximum atomic E-state index is 5.87. The molecule has 0 saturated carbocycles. The molecule has 0 saturated heterocycles. The summed E-state index contributed by atoms with van der Waals surface area (Å²) in [6.07, 6.45) is 4.71. The van der Waals surface area contributed by atoms with Crippen LogP contribution in [0.2, 0.25) is 0 Å². The second kappa shape index (κ2) is 6.32. The molecule has 7 heteroatoms. The first-order valence-corrected chi connectivity index (χ1v) is 8.97. The van der Waals surface area contributed by atoms with Crippen LogP contribution >= 0.6 is 11.8 Å². The highest BCUT2D eigenvalue weighted by atomic mass is 32.2. The van der Waals surface area contributed by atoms with Gasteiger partial charge in [-0.15, -0.1) is 5.10 Å². The lowest BCUT2D eigenvalue weighted by atomic mass is 10.1. The number of benzene rings is 1. The molecular weight excluding hydrogens is 324 g/mol. The van der Waals surface area contributed by atoms with Crippen molar-refractivity contribution in [2.75, 3.05) is 6.61 Å². The number of nitrogens with zero attached hydrogens (tertiary/aromatic N) is 4. The lowest BCUT2D eigenvalue weighted by molar-refractivity contribution is 0.254. The van der Waals surface area contributed by atoms with Crippen LogP contribution in [-0.4, -0.2) is 32.3 Å². The van der Waals surface area contributed by atoms with Gasteiger partial charge < -0.3 is 9.47 Å². The van der Waals surface area contributed by atoms with Crippen LogP contribution in [0.5, 0.6) is 11.5 Å². The van der Waals surface area contributed by atoms with Gasteiger partial charge in [0.25, 0.3) is 5.78 Å². The second-order valence-electron chi connectivity index (χ2n) is 5.68. The van der Waals surface area contributed by atoms with Crippen LogP contribution in [0.25, 0.3) is 5.78 Å². The zero-order chi connectivity index (χ0) is 16.5. The van der Waals surface area contributed by atoms with E-state index >= 15 is 0 Å². The van der Waals surface area contributed by atoms with Crippen LogP contribution in [0.4, 0.5) is 0 Å². The molecule has 1 aromatic carbocycles. The summed E-state index contributed by atoms with van der Waals surface area (Å²) in [5.41, 5.74) is 2.32. The number of hydrogen-bond donors (Lipinski definition) is 0. The van der Waals surface area contributed by atoms with Crippen LogP contribution in [0.1, 0.15) is 25.0 Å². The summed E-state index contributed by atoms with van der Waals surface area (Å²) >= 11 is 1.57. The fourth-order valence-electron chi connectivity index (χ4n) is 2.80. The molecule has 24 heavy (non-hydrogen) atoms. The van der Waals surface area contributed by atoms with E-state index in [1.54, 1.807) is 22.5 Å². The molecule has 1 unspecified atom stereocenters. The Kier molecular flexibility index (Phi) is 4.02. The number of fused-ring (bicyclic) bond motifs is 2. The molecule has 3 aromatic rings. The quantitative estimate of drug-likeness (QED) is 0.664. The molecule has 1 atom stereocenters. The van der Waals surface area contributed by atoms with E-state index in [4.69, 9.17) is 9.47 Å². The van der Waals surface area contributed by atoms with E-state index < -0.39 is 0 Å². The lowest BCUT2D eigenvalue weighted by Gasteiger charge is -2.11. The summed E-state index contributed by atoms with van der Waals surface area (Å²) < 4.78 is 13.4. The van der Waals surface area contributed by atoms with Crippen molar-refractivity contribution in [1.29, 1.82) is 0 Å². The third-order valence-electron chi connectivity index (χ3n) is 3.83. The Hall–Kier alpha value is -2.28. The molecule has 0 aliphatic carbocycles. The van der Waals surface area contributed by atoms with E-state index in [1.807, 2.05) is 19.2 Å². The number of thioether (sulfide) groups is 1. The second-order valence-corrected chi connectivity index (χ2v) is 6.62. The van der Waals surface area contributed by atoms with Crippen LogP contribution in [-0.2, 0) is 12.2 Å². The minimum atomic E-state index is 0.226. The normalized spacial score (nSPS) is 16.2. The van der Waals surface area contributed by atoms with Gasteiger partial charge in [-0.25, -0.2) is 9.50 Å². The SMILES string of the molecule is CCOc1cc2c(cc1CSc1nc3ncccn3n1)OC(C)C2. The lowest BCUT2D eigenvalue weighted by Crippen LogP contribution is -2.05. The molecular formula is C17H18N4O2S. The number of ether oxygens (including phenoxy) is 2. The first-order valence-electron chi connectivity index (χ1n) is 7.98. The van der Waals surface area contributed by atoms with Gasteiger partial charge in [0.05, 0.1) is 6.61 Å². The van der Waals surface area contributed by atoms with E-state index in [0.29, 0.717) is 17.5 Å². The zero-order valence-corrected chi connectivity index (χ0v) is 14.4. The van der Waals surface area contributed by atoms with Gasteiger partial charge in [0.2, 0.25) is 5.16 Å². The van der Waals surface area contributed by atoms with Crippen molar-refractivity contribution in [2.45, 2.75) is 37.3 Å². The fourth-order valence-corrected chi connectivity index (χ4v) is 3.60. The van der Waals surface area contributed by atoms with E-state index in [9.17, 15) is 0 Å². The summed E-state index contributed by atoms with van der Waals surface area (Å²) in [4.78, 5) is 8.61. The van der Waals surface area contributed by atoms with E-state index in [-0.39, 0.29) is 6.10 Å². The topological polar surface area (TPSA) is 61.5 Å². The predicted molar refractivity (Wildman–Crippen MR) is 91.7 cm³/mol. The molecule has 0 N–H and O–H groups in total. The van der Waals surface area contributed by atoms with Crippen molar-refractivity contribution in [3.8, 4) is 11.5 Å². The van der Waals surface area contributed by atoms with Crippen LogP contribution < -0.4 is 9.47 Å². The summed E-state index contributed by atoms with van der Waals surface area (Å²) in [6.45, 7) is 4.73. The molecule has 0 bridgehead atoms. The molecule has 6 nitrogen and oxygen atoms in total. The van der Waals surface area contributed by atoms with Crippen molar-refractivity contribution in [3.05, 3.63) is 41.7 Å². The molecule has 0 amide bonds. The van der Waals surface area contributed by atoms with E-state index in [0.717, 1.165) is 29.2 Å². The van der Waals surface area contributed by atoms with Gasteiger partial charge in [0.1, 0.15) is 17.6 Å². The van der Waals surface area contributed by atoms with Crippen LogP contribution in [0.3, 0.4) is 0 Å². The molecule has 0 radical (unpaired) electrons. The van der Waals surface area contributed by atoms with Gasteiger partial charge in [-0.1, -0.05) is 11.8 Å². The predicted octanol–water partition coefficient (Wildman–Crippen LogP) is 3.14. The maximum absolute atomic E-state index is 5.87. The van der Waals surface area contributed by atoms with Crippen molar-refractivity contribution < 1.29 is 9.47 Å². The smallest absolute Gasteiger partial charge is 0.253 e. The van der Waals surface area contributed by atoms with Crippen LogP contribution in [0, 0.1) is 0 Å². The monoisotopic (exact) mass is 342 g/mol. The van der Waals surface area contributed by atoms with Gasteiger partial charge in [0.15, 0.2) is 0 Å². The molecule has 1 aliphatic heterocycles. The van der Waals surface area contributed by atoms with Gasteiger partial charge in [-0.05, 0) is 32.0 Å². The molecule has 0 spiro atoms. The molecule has 0 fully saturated rings. The summed E-state index contributed by atoms with van der Waals surface area (Å²) in [6, 6.07) is 6.03. The summed E-state index contributed by atoms with van der Waals surface area (Å²) in [7, 11) is 0. The summed E-state index contributed by atoms with van der Waals surface area (Å²) in [5, 5.41) is 5.12. The Morgan fingerprint density at radius 3 is 3.17 bits per heavy atom.